The van der Waals surface area contributed by atoms with E-state index in [2.05, 4.69) is 114 Å². The first-order valence-corrected chi connectivity index (χ1v) is 56.7. The van der Waals surface area contributed by atoms with Gasteiger partial charge in [-0.05, 0) is 251 Å². The van der Waals surface area contributed by atoms with Gasteiger partial charge in [0.2, 0.25) is 0 Å². The average molecular weight is 1920 g/mol. The smallest absolute Gasteiger partial charge is 0.460 e. The van der Waals surface area contributed by atoms with Crippen LogP contribution in [0.2, 0.25) is 0 Å². The maximum Gasteiger partial charge on any atom is 0.460 e. The SMILES string of the molecule is CCCCCCCCOc1ccc(-c2ccc(OP3(Oc4ccc(-c5ccc(OCCCCCCCC)cc5)cc4)=NP(Oc4ccc(-c5ccc(OCCCCCCCC)cc5)cc4)(Oc4ccc(-c5ccc(OCCCCCCCC)cc5)cc4)=NP(Oc4ccc(-c5ccc(OCCCCCCCC)cc5)cc4)(Oc4ccc(-c5ccc(OCCCCCCCC)cc5)cc4)=N3)cc2)cc1. The average Bonchev–Trinajstić information content (AvgIpc) is 0.726. The van der Waals surface area contributed by atoms with Crippen molar-refractivity contribution in [1.29, 1.82) is 0 Å². The molecule has 0 amide bonds. The van der Waals surface area contributed by atoms with E-state index in [1.807, 2.05) is 218 Å². The van der Waals surface area contributed by atoms with E-state index in [9.17, 15) is 0 Å². The molecular weight excluding hydrogens is 1770 g/mol. The Morgan fingerprint density at radius 1 is 0.130 bits per heavy atom. The molecule has 18 heteroatoms. The van der Waals surface area contributed by atoms with Gasteiger partial charge in [-0.3, -0.25) is 0 Å². The number of unbranched alkanes of at least 4 members (excludes halogenated alkanes) is 30. The molecule has 0 N–H and O–H groups in total. The summed E-state index contributed by atoms with van der Waals surface area (Å²) in [4.78, 5) is 0. The van der Waals surface area contributed by atoms with Gasteiger partial charge in [-0.1, -0.05) is 393 Å². The van der Waals surface area contributed by atoms with E-state index in [0.717, 1.165) is 178 Å². The second kappa shape index (κ2) is 58.1. The van der Waals surface area contributed by atoms with Crippen LogP contribution in [0.4, 0.5) is 0 Å². The normalized spacial score (nSPS) is 12.8. The van der Waals surface area contributed by atoms with Crippen molar-refractivity contribution < 1.29 is 55.6 Å². The lowest BCUT2D eigenvalue weighted by Crippen LogP contribution is -2.11. The Kier molecular flexibility index (Phi) is 43.9. The second-order valence-corrected chi connectivity index (χ2v) is 42.5. The largest absolute Gasteiger partial charge is 0.494 e. The minimum atomic E-state index is -4.50. The first kappa shape index (κ1) is 104. The van der Waals surface area contributed by atoms with Crippen molar-refractivity contribution in [2.75, 3.05) is 39.6 Å². The summed E-state index contributed by atoms with van der Waals surface area (Å²) in [6.07, 6.45) is 42.8. The van der Waals surface area contributed by atoms with Crippen LogP contribution >= 0.6 is 23.0 Å². The molecule has 1 heterocycles. The van der Waals surface area contributed by atoms with Gasteiger partial charge >= 0.3 is 23.0 Å². The van der Waals surface area contributed by atoms with Crippen LogP contribution in [0, 0.1) is 0 Å². The zero-order chi connectivity index (χ0) is 95.6. The van der Waals surface area contributed by atoms with E-state index in [1.54, 1.807) is 0 Å². The number of hydrogen-bond donors (Lipinski definition) is 0. The van der Waals surface area contributed by atoms with Crippen molar-refractivity contribution >= 4 is 23.0 Å². The van der Waals surface area contributed by atoms with Gasteiger partial charge in [-0.15, -0.1) is 0 Å². The monoisotopic (exact) mass is 1920 g/mol. The van der Waals surface area contributed by atoms with Gasteiger partial charge in [-0.25, -0.2) is 0 Å². The molecule has 1 aliphatic heterocycles. The molecule has 0 spiro atoms. The van der Waals surface area contributed by atoms with Gasteiger partial charge in [0.05, 0.1) is 39.6 Å². The quantitative estimate of drug-likeness (QED) is 0.0264. The van der Waals surface area contributed by atoms with Crippen molar-refractivity contribution in [2.24, 2.45) is 13.5 Å². The van der Waals surface area contributed by atoms with Gasteiger partial charge in [0, 0.05) is 0 Å². The molecule has 138 heavy (non-hydrogen) atoms. The third-order valence-corrected chi connectivity index (χ3v) is 33.0. The van der Waals surface area contributed by atoms with E-state index < -0.39 is 23.0 Å². The Balaban J connectivity index is 0.947. The Labute approximate surface area is 826 Å². The summed E-state index contributed by atoms with van der Waals surface area (Å²) in [7, 11) is -13.5. The number of benzene rings is 12. The van der Waals surface area contributed by atoms with E-state index in [4.69, 9.17) is 69.1 Å². The molecule has 13 rings (SSSR count). The Bertz CT molecular complexity index is 4700. The highest BCUT2D eigenvalue weighted by Gasteiger charge is 2.49. The Morgan fingerprint density at radius 2 is 0.232 bits per heavy atom. The lowest BCUT2D eigenvalue weighted by molar-refractivity contribution is 0.304. The third-order valence-electron chi connectivity index (χ3n) is 24.9. The van der Waals surface area contributed by atoms with Gasteiger partial charge in [0.15, 0.2) is 0 Å². The summed E-state index contributed by atoms with van der Waals surface area (Å²) in [5.41, 5.74) is 11.6. The standard InChI is InChI=1S/C120H150N3O12P3/c1-7-13-19-25-31-37-91-124-109-67-43-97(44-68-109)103-55-79-115(80-56-103)130-136(131-116-81-57-104(58-82-116)98-45-69-110(70-46-98)125-92-38-32-26-20-14-8-2)121-137(132-117-83-59-105(60-84-117)99-47-71-111(72-48-99)126-93-39-33-27-21-15-9-3,133-118-85-61-106(62-86-118)100-49-73-112(74-50-100)127-94-40-34-28-22-16-10-4)123-138(122-136,134-119-87-63-107(64-88-119)101-51-75-113(76-52-101)128-95-41-35-29-23-17-11-5)135-120-89-65-108(66-90-120)102-53-77-114(78-54-102)129-96-42-36-30-24-18-12-6/h43-90H,7-42,91-96H2,1-6H3. The van der Waals surface area contributed by atoms with E-state index in [-0.39, 0.29) is 0 Å². The fourth-order valence-corrected chi connectivity index (χ4v) is 25.8. The first-order valence-electron chi connectivity index (χ1n) is 52.1. The van der Waals surface area contributed by atoms with Crippen LogP contribution < -0.4 is 55.6 Å². The molecule has 732 valence electrons. The third kappa shape index (κ3) is 34.8. The summed E-state index contributed by atoms with van der Waals surface area (Å²) in [6, 6.07) is 97.2. The summed E-state index contributed by atoms with van der Waals surface area (Å²) < 4.78 is 102. The van der Waals surface area contributed by atoms with Crippen molar-refractivity contribution in [3.8, 4) is 136 Å². The fourth-order valence-electron chi connectivity index (χ4n) is 16.7. The minimum absolute atomic E-state index is 0.379. The predicted molar refractivity (Wildman–Crippen MR) is 576 cm³/mol. The number of ether oxygens (including phenoxy) is 6. The maximum absolute atomic E-state index is 7.70. The molecule has 12 aromatic carbocycles. The lowest BCUT2D eigenvalue weighted by atomic mass is 10.1. The van der Waals surface area contributed by atoms with Gasteiger partial charge in [0.25, 0.3) is 0 Å². The zero-order valence-electron chi connectivity index (χ0n) is 83.0. The Hall–Kier alpha value is -11.1. The van der Waals surface area contributed by atoms with Crippen molar-refractivity contribution in [2.45, 2.75) is 273 Å². The summed E-state index contributed by atoms with van der Waals surface area (Å²) in [5, 5.41) is 0. The van der Waals surface area contributed by atoms with Crippen molar-refractivity contribution in [1.82, 2.24) is 0 Å². The van der Waals surface area contributed by atoms with Crippen molar-refractivity contribution in [3.63, 3.8) is 0 Å². The van der Waals surface area contributed by atoms with Crippen LogP contribution in [0.3, 0.4) is 0 Å². The molecule has 0 unspecified atom stereocenters. The number of nitrogens with zero attached hydrogens (tertiary/aromatic N) is 3. The molecule has 0 aliphatic carbocycles. The molecule has 1 aliphatic rings. The molecule has 0 fully saturated rings. The highest BCUT2D eigenvalue weighted by molar-refractivity contribution is 7.79. The molecule has 0 aromatic heterocycles. The molecule has 0 radical (unpaired) electrons. The molecule has 0 atom stereocenters. The predicted octanol–water partition coefficient (Wildman–Crippen LogP) is 38.8. The summed E-state index contributed by atoms with van der Waals surface area (Å²) >= 11 is 0. The molecule has 12 aromatic rings. The summed E-state index contributed by atoms with van der Waals surface area (Å²) in [5.74, 6) is 7.25. The molecule has 0 saturated carbocycles. The van der Waals surface area contributed by atoms with E-state index in [0.29, 0.717) is 74.1 Å². The lowest BCUT2D eigenvalue weighted by Gasteiger charge is -2.33. The van der Waals surface area contributed by atoms with Crippen LogP contribution in [-0.4, -0.2) is 39.6 Å². The number of hydrogen-bond acceptors (Lipinski definition) is 15. The van der Waals surface area contributed by atoms with Crippen LogP contribution in [0.5, 0.6) is 69.0 Å². The van der Waals surface area contributed by atoms with E-state index in [1.165, 1.54) is 154 Å². The molecule has 0 saturated heterocycles. The van der Waals surface area contributed by atoms with Crippen LogP contribution in [0.25, 0.3) is 66.8 Å². The molecule has 15 nitrogen and oxygen atoms in total. The first-order chi connectivity index (χ1) is 68.0. The minimum Gasteiger partial charge on any atom is -0.494 e. The molecule has 0 bridgehead atoms. The van der Waals surface area contributed by atoms with Gasteiger partial charge in [-0.2, -0.15) is 0 Å². The second-order valence-electron chi connectivity index (χ2n) is 36.3. The molecular formula is C120H150N3O12P3. The number of rotatable bonds is 66. The highest BCUT2D eigenvalue weighted by Crippen LogP contribution is 2.79. The van der Waals surface area contributed by atoms with Gasteiger partial charge < -0.3 is 55.6 Å². The Morgan fingerprint density at radius 3 is 0.348 bits per heavy atom. The van der Waals surface area contributed by atoms with Crippen LogP contribution in [-0.2, 0) is 0 Å². The fraction of sp³-hybridized carbons (Fsp3) is 0.400. The van der Waals surface area contributed by atoms with Crippen molar-refractivity contribution in [3.05, 3.63) is 291 Å². The highest BCUT2D eigenvalue weighted by atomic mass is 31.3. The van der Waals surface area contributed by atoms with Crippen LogP contribution in [0.15, 0.2) is 305 Å². The maximum atomic E-state index is 7.70. The topological polar surface area (TPSA) is 148 Å². The summed E-state index contributed by atoms with van der Waals surface area (Å²) in [6.45, 7) is 17.5. The van der Waals surface area contributed by atoms with Gasteiger partial charge in [0.1, 0.15) is 69.0 Å². The zero-order valence-corrected chi connectivity index (χ0v) is 85.7. The van der Waals surface area contributed by atoms with Crippen LogP contribution in [0.1, 0.15) is 273 Å². The van der Waals surface area contributed by atoms with E-state index >= 15 is 0 Å².